The van der Waals surface area contributed by atoms with Crippen LogP contribution in [0.2, 0.25) is 5.02 Å². The van der Waals surface area contributed by atoms with Gasteiger partial charge in [-0.1, -0.05) is 23.7 Å². The lowest BCUT2D eigenvalue weighted by molar-refractivity contribution is 0.471. The smallest absolute Gasteiger partial charge is 0.150 e. The Bertz CT molecular complexity index is 572. The molecule has 0 amide bonds. The Morgan fingerprint density at radius 3 is 2.72 bits per heavy atom. The van der Waals surface area contributed by atoms with E-state index in [1.165, 1.54) is 12.1 Å². The van der Waals surface area contributed by atoms with E-state index in [-0.39, 0.29) is 5.82 Å². The topological polar surface area (TPSA) is 35.2 Å². The van der Waals surface area contributed by atoms with Gasteiger partial charge in [-0.15, -0.1) is 0 Å². The summed E-state index contributed by atoms with van der Waals surface area (Å²) in [6.07, 6.45) is 0. The molecule has 18 heavy (non-hydrogen) atoms. The van der Waals surface area contributed by atoms with Crippen molar-refractivity contribution >= 4 is 11.6 Å². The summed E-state index contributed by atoms with van der Waals surface area (Å²) in [5.41, 5.74) is 7.15. The van der Waals surface area contributed by atoms with Crippen molar-refractivity contribution < 1.29 is 9.13 Å². The molecule has 94 valence electrons. The summed E-state index contributed by atoms with van der Waals surface area (Å²) >= 11 is 6.09. The van der Waals surface area contributed by atoms with Gasteiger partial charge in [0.25, 0.3) is 0 Å². The maximum atomic E-state index is 13.0. The molecule has 0 spiro atoms. The van der Waals surface area contributed by atoms with Crippen LogP contribution < -0.4 is 10.5 Å². The predicted molar refractivity (Wildman–Crippen MR) is 70.6 cm³/mol. The number of aryl methyl sites for hydroxylation is 1. The minimum absolute atomic E-state index is 0.293. The molecule has 0 atom stereocenters. The lowest BCUT2D eigenvalue weighted by atomic mass is 10.2. The van der Waals surface area contributed by atoms with Gasteiger partial charge in [-0.25, -0.2) is 4.39 Å². The van der Waals surface area contributed by atoms with Gasteiger partial charge in [0.05, 0.1) is 5.02 Å². The van der Waals surface area contributed by atoms with Gasteiger partial charge in [0.15, 0.2) is 0 Å². The maximum absolute atomic E-state index is 13.0. The molecule has 0 heterocycles. The molecular weight excluding hydrogens is 253 g/mol. The zero-order valence-corrected chi connectivity index (χ0v) is 10.7. The van der Waals surface area contributed by atoms with Crippen molar-refractivity contribution in [2.24, 2.45) is 5.73 Å². The predicted octanol–water partition coefficient (Wildman–Crippen LogP) is 4.04. The van der Waals surface area contributed by atoms with E-state index in [1.807, 2.05) is 12.1 Å². The molecule has 0 saturated heterocycles. The number of hydrogen-bond acceptors (Lipinski definition) is 2. The van der Waals surface area contributed by atoms with Gasteiger partial charge in [0.2, 0.25) is 0 Å². The first-order chi connectivity index (χ1) is 8.61. The van der Waals surface area contributed by atoms with Crippen molar-refractivity contribution in [2.45, 2.75) is 13.5 Å². The Morgan fingerprint density at radius 1 is 1.28 bits per heavy atom. The van der Waals surface area contributed by atoms with Crippen molar-refractivity contribution in [2.75, 3.05) is 0 Å². The highest BCUT2D eigenvalue weighted by atomic mass is 35.5. The number of halogens is 2. The average Bonchev–Trinajstić information content (AvgIpc) is 2.34. The Kier molecular flexibility index (Phi) is 3.84. The molecule has 2 N–H and O–H groups in total. The molecule has 2 rings (SSSR count). The second kappa shape index (κ2) is 5.38. The Labute approximate surface area is 110 Å². The third-order valence-electron chi connectivity index (χ3n) is 2.62. The van der Waals surface area contributed by atoms with E-state index in [1.54, 1.807) is 19.1 Å². The molecule has 2 aromatic carbocycles. The number of ether oxygens (including phenoxy) is 1. The Morgan fingerprint density at radius 2 is 2.06 bits per heavy atom. The van der Waals surface area contributed by atoms with Gasteiger partial charge in [0, 0.05) is 12.1 Å². The molecule has 4 heteroatoms. The van der Waals surface area contributed by atoms with Gasteiger partial charge >= 0.3 is 0 Å². The van der Waals surface area contributed by atoms with Gasteiger partial charge in [-0.2, -0.15) is 0 Å². The largest absolute Gasteiger partial charge is 0.455 e. The molecule has 2 nitrogen and oxygen atoms in total. The lowest BCUT2D eigenvalue weighted by Gasteiger charge is -2.13. The normalized spacial score (nSPS) is 10.4. The van der Waals surface area contributed by atoms with E-state index in [9.17, 15) is 4.39 Å². The second-order valence-electron chi connectivity index (χ2n) is 3.94. The van der Waals surface area contributed by atoms with Crippen molar-refractivity contribution in [1.82, 2.24) is 0 Å². The lowest BCUT2D eigenvalue weighted by Crippen LogP contribution is -2.00. The van der Waals surface area contributed by atoms with E-state index in [0.29, 0.717) is 28.6 Å². The standard InChI is InChI=1S/C14H13ClFNO/c1-9-7-11(16)5-6-13(9)18-14-10(8-17)3-2-4-12(14)15/h2-7H,8,17H2,1H3. The maximum Gasteiger partial charge on any atom is 0.150 e. The minimum Gasteiger partial charge on any atom is -0.455 e. The number of para-hydroxylation sites is 1. The first kappa shape index (κ1) is 12.9. The quantitative estimate of drug-likeness (QED) is 0.909. The van der Waals surface area contributed by atoms with Crippen LogP contribution in [0.5, 0.6) is 11.5 Å². The first-order valence-electron chi connectivity index (χ1n) is 5.53. The summed E-state index contributed by atoms with van der Waals surface area (Å²) < 4.78 is 18.7. The Balaban J connectivity index is 2.39. The fourth-order valence-electron chi connectivity index (χ4n) is 1.67. The summed E-state index contributed by atoms with van der Waals surface area (Å²) in [5.74, 6) is 0.800. The zero-order valence-electron chi connectivity index (χ0n) is 9.91. The minimum atomic E-state index is -0.293. The van der Waals surface area contributed by atoms with E-state index >= 15 is 0 Å². The van der Waals surface area contributed by atoms with Crippen LogP contribution in [0.3, 0.4) is 0 Å². The number of benzene rings is 2. The van der Waals surface area contributed by atoms with Gasteiger partial charge in [-0.05, 0) is 36.8 Å². The van der Waals surface area contributed by atoms with Crippen LogP contribution in [0.1, 0.15) is 11.1 Å². The third kappa shape index (κ3) is 2.63. The van der Waals surface area contributed by atoms with Gasteiger partial charge < -0.3 is 10.5 Å². The third-order valence-corrected chi connectivity index (χ3v) is 2.92. The van der Waals surface area contributed by atoms with E-state index in [2.05, 4.69) is 0 Å². The molecule has 2 aromatic rings. The molecular formula is C14H13ClFNO. The highest BCUT2D eigenvalue weighted by Gasteiger charge is 2.10. The molecule has 0 bridgehead atoms. The van der Waals surface area contributed by atoms with E-state index < -0.39 is 0 Å². The van der Waals surface area contributed by atoms with Crippen LogP contribution in [0, 0.1) is 12.7 Å². The van der Waals surface area contributed by atoms with Crippen LogP contribution in [-0.4, -0.2) is 0 Å². The van der Waals surface area contributed by atoms with E-state index in [4.69, 9.17) is 22.1 Å². The summed E-state index contributed by atoms with van der Waals surface area (Å²) in [5, 5.41) is 0.488. The molecule has 0 aliphatic rings. The molecule has 0 saturated carbocycles. The van der Waals surface area contributed by atoms with Crippen LogP contribution in [0.25, 0.3) is 0 Å². The summed E-state index contributed by atoms with van der Waals surface area (Å²) in [7, 11) is 0. The Hall–Kier alpha value is -1.58. The second-order valence-corrected chi connectivity index (χ2v) is 4.35. The number of hydrogen-bond donors (Lipinski definition) is 1. The molecule has 0 radical (unpaired) electrons. The van der Waals surface area contributed by atoms with Gasteiger partial charge in [0.1, 0.15) is 17.3 Å². The fourth-order valence-corrected chi connectivity index (χ4v) is 1.90. The average molecular weight is 266 g/mol. The molecule has 0 aliphatic heterocycles. The molecule has 0 aromatic heterocycles. The first-order valence-corrected chi connectivity index (χ1v) is 5.91. The van der Waals surface area contributed by atoms with Crippen LogP contribution in [-0.2, 0) is 6.54 Å². The molecule has 0 unspecified atom stereocenters. The van der Waals surface area contributed by atoms with Crippen molar-refractivity contribution in [3.8, 4) is 11.5 Å². The van der Waals surface area contributed by atoms with Crippen LogP contribution in [0.15, 0.2) is 36.4 Å². The number of nitrogens with two attached hydrogens (primary N) is 1. The van der Waals surface area contributed by atoms with Crippen LogP contribution in [0.4, 0.5) is 4.39 Å². The summed E-state index contributed by atoms with van der Waals surface area (Å²) in [6, 6.07) is 9.73. The summed E-state index contributed by atoms with van der Waals surface area (Å²) in [4.78, 5) is 0. The van der Waals surface area contributed by atoms with Crippen molar-refractivity contribution in [3.05, 3.63) is 58.4 Å². The fraction of sp³-hybridized carbons (Fsp3) is 0.143. The SMILES string of the molecule is Cc1cc(F)ccc1Oc1c(Cl)cccc1CN. The van der Waals surface area contributed by atoms with Crippen molar-refractivity contribution in [1.29, 1.82) is 0 Å². The summed E-state index contributed by atoms with van der Waals surface area (Å²) in [6.45, 7) is 2.10. The van der Waals surface area contributed by atoms with Crippen LogP contribution >= 0.6 is 11.6 Å². The van der Waals surface area contributed by atoms with Crippen molar-refractivity contribution in [3.63, 3.8) is 0 Å². The number of rotatable bonds is 3. The van der Waals surface area contributed by atoms with Gasteiger partial charge in [-0.3, -0.25) is 0 Å². The van der Waals surface area contributed by atoms with E-state index in [0.717, 1.165) is 5.56 Å². The zero-order chi connectivity index (χ0) is 13.1. The molecule has 0 fully saturated rings. The molecule has 0 aliphatic carbocycles. The highest BCUT2D eigenvalue weighted by molar-refractivity contribution is 6.32. The monoisotopic (exact) mass is 265 g/mol. The highest BCUT2D eigenvalue weighted by Crippen LogP contribution is 2.34.